The van der Waals surface area contributed by atoms with Gasteiger partial charge in [-0.3, -0.25) is 14.2 Å². The van der Waals surface area contributed by atoms with Gasteiger partial charge < -0.3 is 10.1 Å². The predicted octanol–water partition coefficient (Wildman–Crippen LogP) is 4.89. The van der Waals surface area contributed by atoms with Gasteiger partial charge in [-0.05, 0) is 48.5 Å². The number of halogens is 1. The van der Waals surface area contributed by atoms with Crippen LogP contribution in [0.15, 0.2) is 87.2 Å². The molecule has 0 unspecified atom stereocenters. The quantitative estimate of drug-likeness (QED) is 0.304. The number of nitrogens with one attached hydrogen (secondary N) is 1. The summed E-state index contributed by atoms with van der Waals surface area (Å²) in [7, 11) is 1.57. The Morgan fingerprint density at radius 2 is 1.87 bits per heavy atom. The van der Waals surface area contributed by atoms with Crippen LogP contribution >= 0.6 is 27.7 Å². The Labute approximate surface area is 191 Å². The fourth-order valence-electron chi connectivity index (χ4n) is 3.06. The lowest BCUT2D eigenvalue weighted by Gasteiger charge is -2.13. The predicted molar refractivity (Wildman–Crippen MR) is 127 cm³/mol. The van der Waals surface area contributed by atoms with E-state index >= 15 is 0 Å². The number of hydrogen-bond acceptors (Lipinski definition) is 5. The Morgan fingerprint density at radius 1 is 1.10 bits per heavy atom. The van der Waals surface area contributed by atoms with Crippen LogP contribution in [0.4, 0.5) is 5.69 Å². The number of thioether (sulfide) groups is 1. The molecule has 3 aromatic carbocycles. The van der Waals surface area contributed by atoms with Crippen LogP contribution in [-0.2, 0) is 4.79 Å². The van der Waals surface area contributed by atoms with Crippen molar-refractivity contribution in [3.63, 3.8) is 0 Å². The van der Waals surface area contributed by atoms with Crippen LogP contribution in [0.5, 0.6) is 5.75 Å². The molecule has 0 radical (unpaired) electrons. The van der Waals surface area contributed by atoms with Crippen LogP contribution in [0, 0.1) is 0 Å². The van der Waals surface area contributed by atoms with Crippen LogP contribution in [0.2, 0.25) is 0 Å². The fourth-order valence-corrected chi connectivity index (χ4v) is 4.13. The van der Waals surface area contributed by atoms with Crippen molar-refractivity contribution in [3.05, 3.63) is 87.6 Å². The number of aromatic nitrogens is 2. The summed E-state index contributed by atoms with van der Waals surface area (Å²) in [6.45, 7) is 0. The highest BCUT2D eigenvalue weighted by atomic mass is 79.9. The van der Waals surface area contributed by atoms with Gasteiger partial charge in [-0.2, -0.15) is 0 Å². The van der Waals surface area contributed by atoms with Gasteiger partial charge in [0.1, 0.15) is 5.75 Å². The molecular weight excluding hydrogens is 478 g/mol. The highest BCUT2D eigenvalue weighted by Crippen LogP contribution is 2.23. The first kappa shape index (κ1) is 21.1. The fraction of sp³-hybridized carbons (Fsp3) is 0.0870. The summed E-state index contributed by atoms with van der Waals surface area (Å²) in [6, 6.07) is 21.7. The average Bonchev–Trinajstić information content (AvgIpc) is 2.79. The Hall–Kier alpha value is -3.10. The molecular formula is C23H18BrN3O3S. The maximum atomic E-state index is 13.2. The van der Waals surface area contributed by atoms with Gasteiger partial charge in [-0.15, -0.1) is 0 Å². The number of nitrogens with zero attached hydrogens (tertiary/aromatic N) is 2. The second-order valence-corrected chi connectivity index (χ2v) is 8.46. The molecule has 0 aliphatic rings. The van der Waals surface area contributed by atoms with E-state index in [0.717, 1.165) is 4.47 Å². The molecule has 156 valence electrons. The molecule has 0 saturated carbocycles. The van der Waals surface area contributed by atoms with Gasteiger partial charge in [0.2, 0.25) is 5.91 Å². The van der Waals surface area contributed by atoms with Crippen LogP contribution in [0.1, 0.15) is 0 Å². The van der Waals surface area contributed by atoms with Gasteiger partial charge >= 0.3 is 0 Å². The number of rotatable bonds is 6. The Bertz CT molecular complexity index is 1310. The van der Waals surface area contributed by atoms with Crippen molar-refractivity contribution in [1.82, 2.24) is 9.55 Å². The number of amides is 1. The topological polar surface area (TPSA) is 73.2 Å². The van der Waals surface area contributed by atoms with Crippen molar-refractivity contribution >= 4 is 50.2 Å². The Balaban J connectivity index is 1.64. The van der Waals surface area contributed by atoms with E-state index in [-0.39, 0.29) is 17.2 Å². The highest BCUT2D eigenvalue weighted by molar-refractivity contribution is 9.10. The van der Waals surface area contributed by atoms with E-state index in [1.54, 1.807) is 43.5 Å². The third-order valence-corrected chi connectivity index (χ3v) is 5.98. The molecule has 1 heterocycles. The number of para-hydroxylation sites is 1. The summed E-state index contributed by atoms with van der Waals surface area (Å²) in [5.41, 5.74) is 1.74. The zero-order valence-electron chi connectivity index (χ0n) is 16.5. The van der Waals surface area contributed by atoms with Crippen LogP contribution in [0.3, 0.4) is 0 Å². The maximum absolute atomic E-state index is 13.2. The van der Waals surface area contributed by atoms with E-state index in [1.807, 2.05) is 36.4 Å². The number of hydrogen-bond donors (Lipinski definition) is 1. The number of methoxy groups -OCH3 is 1. The monoisotopic (exact) mass is 495 g/mol. The van der Waals surface area contributed by atoms with Gasteiger partial charge in [0.15, 0.2) is 5.16 Å². The van der Waals surface area contributed by atoms with Crippen LogP contribution < -0.4 is 15.6 Å². The first-order valence-corrected chi connectivity index (χ1v) is 11.2. The summed E-state index contributed by atoms with van der Waals surface area (Å²) in [4.78, 5) is 30.4. The normalized spacial score (nSPS) is 10.8. The van der Waals surface area contributed by atoms with E-state index in [0.29, 0.717) is 33.2 Å². The van der Waals surface area contributed by atoms with E-state index in [4.69, 9.17) is 4.74 Å². The van der Waals surface area contributed by atoms with E-state index in [1.165, 1.54) is 16.3 Å². The molecule has 0 aliphatic heterocycles. The number of fused-ring (bicyclic) bond motifs is 1. The zero-order chi connectivity index (χ0) is 21.8. The summed E-state index contributed by atoms with van der Waals surface area (Å²) in [5, 5.41) is 3.82. The minimum atomic E-state index is -0.206. The van der Waals surface area contributed by atoms with E-state index in [9.17, 15) is 9.59 Å². The minimum Gasteiger partial charge on any atom is -0.497 e. The standard InChI is InChI=1S/C23H18BrN3O3S/c1-30-18-6-4-5-16(13-18)25-21(28)14-31-23-26-20-8-3-2-7-19(20)22(29)27(23)17-11-9-15(24)10-12-17/h2-13H,14H2,1H3,(H,25,28). The number of carbonyl (C=O) groups excluding carboxylic acids is 1. The first-order valence-electron chi connectivity index (χ1n) is 9.39. The van der Waals surface area contributed by atoms with Crippen LogP contribution in [0.25, 0.3) is 16.6 Å². The number of carbonyl (C=O) groups is 1. The Kier molecular flexibility index (Phi) is 6.39. The zero-order valence-corrected chi connectivity index (χ0v) is 18.9. The van der Waals surface area contributed by atoms with Gasteiger partial charge in [-0.1, -0.05) is 45.9 Å². The van der Waals surface area contributed by atoms with Crippen molar-refractivity contribution < 1.29 is 9.53 Å². The number of ether oxygens (including phenoxy) is 1. The second kappa shape index (κ2) is 9.36. The minimum absolute atomic E-state index is 0.0958. The lowest BCUT2D eigenvalue weighted by molar-refractivity contribution is -0.113. The molecule has 6 nitrogen and oxygen atoms in total. The number of benzene rings is 3. The van der Waals surface area contributed by atoms with E-state index in [2.05, 4.69) is 26.2 Å². The van der Waals surface area contributed by atoms with Crippen molar-refractivity contribution in [1.29, 1.82) is 0 Å². The highest BCUT2D eigenvalue weighted by Gasteiger charge is 2.15. The molecule has 0 atom stereocenters. The average molecular weight is 496 g/mol. The van der Waals surface area contributed by atoms with Crippen molar-refractivity contribution in [2.45, 2.75) is 5.16 Å². The molecule has 0 fully saturated rings. The van der Waals surface area contributed by atoms with E-state index < -0.39 is 0 Å². The first-order chi connectivity index (χ1) is 15.0. The lowest BCUT2D eigenvalue weighted by atomic mass is 10.2. The summed E-state index contributed by atoms with van der Waals surface area (Å²) >= 11 is 4.63. The van der Waals surface area contributed by atoms with Crippen molar-refractivity contribution in [2.75, 3.05) is 18.2 Å². The number of anilines is 1. The van der Waals surface area contributed by atoms with Crippen LogP contribution in [-0.4, -0.2) is 28.3 Å². The smallest absolute Gasteiger partial charge is 0.266 e. The summed E-state index contributed by atoms with van der Waals surface area (Å²) in [6.07, 6.45) is 0. The molecule has 0 saturated heterocycles. The molecule has 31 heavy (non-hydrogen) atoms. The maximum Gasteiger partial charge on any atom is 0.266 e. The molecule has 0 spiro atoms. The van der Waals surface area contributed by atoms with Gasteiger partial charge in [0, 0.05) is 16.2 Å². The molecule has 4 aromatic rings. The molecule has 8 heteroatoms. The SMILES string of the molecule is COc1cccc(NC(=O)CSc2nc3ccccc3c(=O)n2-c2ccc(Br)cc2)c1. The summed E-state index contributed by atoms with van der Waals surface area (Å²) in [5.74, 6) is 0.548. The van der Waals surface area contributed by atoms with Gasteiger partial charge in [0.05, 0.1) is 29.5 Å². The molecule has 1 amide bonds. The van der Waals surface area contributed by atoms with Crippen molar-refractivity contribution in [2.24, 2.45) is 0 Å². The van der Waals surface area contributed by atoms with Crippen molar-refractivity contribution in [3.8, 4) is 11.4 Å². The second-order valence-electron chi connectivity index (χ2n) is 6.60. The van der Waals surface area contributed by atoms with Gasteiger partial charge in [0.25, 0.3) is 5.56 Å². The largest absolute Gasteiger partial charge is 0.497 e. The summed E-state index contributed by atoms with van der Waals surface area (Å²) < 4.78 is 7.63. The third kappa shape index (κ3) is 4.81. The Morgan fingerprint density at radius 3 is 2.65 bits per heavy atom. The molecule has 4 rings (SSSR count). The molecule has 1 N–H and O–H groups in total. The molecule has 0 aliphatic carbocycles. The lowest BCUT2D eigenvalue weighted by Crippen LogP contribution is -2.23. The molecule has 1 aromatic heterocycles. The molecule has 0 bridgehead atoms. The van der Waals surface area contributed by atoms with Gasteiger partial charge in [-0.25, -0.2) is 4.98 Å². The third-order valence-electron chi connectivity index (χ3n) is 4.52.